The number of hydrogen-bond donors (Lipinski definition) is 7. The summed E-state index contributed by atoms with van der Waals surface area (Å²) in [7, 11) is -3.92. The molecule has 0 aromatic carbocycles. The molecule has 0 aliphatic carbocycles. The van der Waals surface area contributed by atoms with Crippen molar-refractivity contribution in [2.45, 2.75) is 37.5 Å². The van der Waals surface area contributed by atoms with Crippen LogP contribution in [0.3, 0.4) is 0 Å². The fourth-order valence-corrected chi connectivity index (χ4v) is 7.51. The molecule has 2 aliphatic rings. The first-order chi connectivity index (χ1) is 22.6. The lowest BCUT2D eigenvalue weighted by Gasteiger charge is -2.49. The van der Waals surface area contributed by atoms with Gasteiger partial charge in [0.05, 0.1) is 6.20 Å². The molecule has 0 radical (unpaired) electrons. The maximum Gasteiger partial charge on any atom is 0.352 e. The van der Waals surface area contributed by atoms with Crippen molar-refractivity contribution in [2.75, 3.05) is 23.8 Å². The molecule has 256 valence electrons. The number of aromatic nitrogens is 4. The molecule has 0 spiro atoms. The molecule has 1 unspecified atom stereocenters. The number of carboxylic acid groups (broad SMARTS) is 2. The number of oxime groups is 1. The highest BCUT2D eigenvalue weighted by Gasteiger charge is 2.54. The van der Waals surface area contributed by atoms with Crippen LogP contribution in [0.5, 0.6) is 0 Å². The fourth-order valence-electron chi connectivity index (χ4n) is 4.87. The average molecular weight is 745 g/mol. The molecule has 10 N–H and O–H groups in total. The lowest BCUT2D eigenvalue weighted by atomic mass is 10.0. The van der Waals surface area contributed by atoms with Crippen molar-refractivity contribution in [1.82, 2.24) is 29.5 Å². The van der Waals surface area contributed by atoms with Gasteiger partial charge in [0.25, 0.3) is 22.0 Å². The number of rotatable bonds is 13. The van der Waals surface area contributed by atoms with Crippen molar-refractivity contribution in [3.63, 3.8) is 0 Å². The number of carbonyl (C=O) groups is 4. The van der Waals surface area contributed by atoms with E-state index in [1.54, 1.807) is 27.5 Å². The van der Waals surface area contributed by atoms with Crippen LogP contribution in [0.4, 0.5) is 11.1 Å². The number of fused-ring (bicyclic) bond motifs is 2. The Morgan fingerprint density at radius 3 is 2.65 bits per heavy atom. The van der Waals surface area contributed by atoms with E-state index in [-0.39, 0.29) is 52.2 Å². The Hall–Kier alpha value is -4.55. The molecule has 5 heterocycles. The second-order valence-electron chi connectivity index (χ2n) is 10.2. The summed E-state index contributed by atoms with van der Waals surface area (Å²) >= 11 is 8.18. The van der Waals surface area contributed by atoms with E-state index in [0.29, 0.717) is 16.7 Å². The van der Waals surface area contributed by atoms with Crippen LogP contribution in [0, 0.1) is 0 Å². The van der Waals surface area contributed by atoms with Gasteiger partial charge in [0.2, 0.25) is 6.10 Å². The van der Waals surface area contributed by atoms with E-state index in [1.807, 2.05) is 0 Å². The number of carboxylic acids is 2. The zero-order valence-corrected chi connectivity index (χ0v) is 27.8. The van der Waals surface area contributed by atoms with Crippen LogP contribution in [-0.4, -0.2) is 97.3 Å². The van der Waals surface area contributed by atoms with E-state index in [1.165, 1.54) is 18.7 Å². The molecule has 5 rings (SSSR count). The number of nitrogens with two attached hydrogens (primary N) is 3. The second-order valence-corrected chi connectivity index (χ2v) is 14.3. The van der Waals surface area contributed by atoms with E-state index in [0.717, 1.165) is 16.2 Å². The van der Waals surface area contributed by atoms with Crippen molar-refractivity contribution in [1.29, 1.82) is 0 Å². The summed E-state index contributed by atoms with van der Waals surface area (Å²) in [6.07, 6.45) is 0.205. The molecule has 0 bridgehead atoms. The topological polar surface area (TPSA) is 304 Å². The zero-order valence-electron chi connectivity index (χ0n) is 24.6. The van der Waals surface area contributed by atoms with Gasteiger partial charge in [-0.05, 0) is 24.0 Å². The highest BCUT2D eigenvalue weighted by atomic mass is 35.5. The molecule has 20 nitrogen and oxygen atoms in total. The van der Waals surface area contributed by atoms with Crippen LogP contribution in [0.25, 0.3) is 11.2 Å². The number of pyridine rings is 1. The third kappa shape index (κ3) is 7.00. The monoisotopic (exact) mass is 744 g/mol. The Balaban J connectivity index is 1.38. The number of anilines is 2. The van der Waals surface area contributed by atoms with Gasteiger partial charge in [-0.1, -0.05) is 28.1 Å². The van der Waals surface area contributed by atoms with E-state index in [2.05, 4.69) is 25.2 Å². The minimum atomic E-state index is -3.92. The highest BCUT2D eigenvalue weighted by Crippen LogP contribution is 2.40. The first-order valence-corrected chi connectivity index (χ1v) is 17.4. The third-order valence-corrected chi connectivity index (χ3v) is 10.1. The quantitative estimate of drug-likeness (QED) is 0.0432. The van der Waals surface area contributed by atoms with E-state index in [4.69, 9.17) is 38.2 Å². The van der Waals surface area contributed by atoms with Crippen LogP contribution in [0.15, 0.2) is 34.8 Å². The predicted molar refractivity (Wildman–Crippen MR) is 171 cm³/mol. The van der Waals surface area contributed by atoms with Gasteiger partial charge >= 0.3 is 23.5 Å². The van der Waals surface area contributed by atoms with Crippen LogP contribution < -0.4 is 31.2 Å². The molecule has 2 aliphatic heterocycles. The maximum atomic E-state index is 13.4. The Labute approximate surface area is 283 Å². The highest BCUT2D eigenvalue weighted by molar-refractivity contribution is 8.00. The minimum Gasteiger partial charge on any atom is -0.478 e. The standard InChI is InChI=1S/C24H26ClN11O9S3/c1-9(21(39)40)45-33-13(12-16(25)47-24(27)31-12)18(37)30-14-19(38)36-15(22(41)42)10(8-46-20(14)36)7-34-5-2-3-11-17(34)32-23(26)35(11)6-4-29-48(28,43)44/h2-3,5,9,14,20,26,29H,4,6-8H2,1H3,(H7,27,28,30,31,37,39,40,41,42,43,44)/p+1/b33-13-/t9-,14+,20?/m0/s1. The van der Waals surface area contributed by atoms with Gasteiger partial charge < -0.3 is 31.8 Å². The summed E-state index contributed by atoms with van der Waals surface area (Å²) in [6.45, 7) is 1.23. The Morgan fingerprint density at radius 2 is 2.02 bits per heavy atom. The van der Waals surface area contributed by atoms with Gasteiger partial charge in [-0.25, -0.2) is 29.0 Å². The number of aliphatic carboxylic acids is 2. The number of nitrogen functional groups attached to an aromatic ring is 2. The summed E-state index contributed by atoms with van der Waals surface area (Å²) in [5.74, 6) is -4.22. The molecule has 3 aromatic heterocycles. The zero-order chi connectivity index (χ0) is 35.1. The maximum absolute atomic E-state index is 13.4. The Kier molecular flexibility index (Phi) is 9.79. The molecular formula is C24H27ClN11O9S3+. The van der Waals surface area contributed by atoms with Crippen LogP contribution in [0.1, 0.15) is 12.6 Å². The number of nitrogens with one attached hydrogen (secondary N) is 2. The molecule has 24 heteroatoms. The summed E-state index contributed by atoms with van der Waals surface area (Å²) < 4.78 is 27.8. The molecule has 2 amide bonds. The number of nitrogens with zero attached hydrogens (tertiary/aromatic N) is 6. The number of hydrogen-bond acceptors (Lipinski definition) is 14. The van der Waals surface area contributed by atoms with Gasteiger partial charge in [0, 0.05) is 24.4 Å². The number of thiazole rings is 1. The van der Waals surface area contributed by atoms with Gasteiger partial charge in [-0.15, -0.1) is 11.8 Å². The molecule has 3 atom stereocenters. The van der Waals surface area contributed by atoms with Crippen molar-refractivity contribution in [3.05, 3.63) is 39.6 Å². The van der Waals surface area contributed by atoms with Crippen molar-refractivity contribution in [3.8, 4) is 0 Å². The van der Waals surface area contributed by atoms with Gasteiger partial charge in [0.1, 0.15) is 39.2 Å². The first-order valence-electron chi connectivity index (χ1n) is 13.6. The average Bonchev–Trinajstić information content (AvgIpc) is 3.51. The second kappa shape index (κ2) is 13.5. The Bertz CT molecular complexity index is 2010. The van der Waals surface area contributed by atoms with E-state index < -0.39 is 57.2 Å². The number of halogens is 1. The largest absolute Gasteiger partial charge is 0.478 e. The third-order valence-electron chi connectivity index (χ3n) is 7.04. The summed E-state index contributed by atoms with van der Waals surface area (Å²) in [4.78, 5) is 64.7. The van der Waals surface area contributed by atoms with E-state index >= 15 is 0 Å². The molecule has 3 aromatic rings. The molecule has 1 fully saturated rings. The first kappa shape index (κ1) is 34.8. The number of carbonyl (C=O) groups excluding carboxylic acids is 2. The van der Waals surface area contributed by atoms with Crippen molar-refractivity contribution in [2.24, 2.45) is 10.3 Å². The molecule has 1 saturated heterocycles. The minimum absolute atomic E-state index is 0.00499. The van der Waals surface area contributed by atoms with Crippen LogP contribution in [0.2, 0.25) is 4.34 Å². The number of β-lactam (4-membered cyclic amide) rings is 1. The lowest BCUT2D eigenvalue weighted by Crippen LogP contribution is -2.71. The normalized spacial score (nSPS) is 18.8. The SMILES string of the molecule is C[C@H](O/N=C(\C(=O)N[C@@H]1C(=O)N2C(C(=O)O)=C(C[n+]3cccc4c3nc(N)n4CCNS(N)(=O)=O)CSC12)c1nc(N)sc1Cl)C(=O)O. The van der Waals surface area contributed by atoms with Gasteiger partial charge in [-0.3, -0.25) is 19.1 Å². The van der Waals surface area contributed by atoms with Gasteiger partial charge in [0.15, 0.2) is 10.8 Å². The summed E-state index contributed by atoms with van der Waals surface area (Å²) in [5.41, 5.74) is 12.1. The summed E-state index contributed by atoms with van der Waals surface area (Å²) in [5, 5.41) is 29.6. The van der Waals surface area contributed by atoms with Crippen LogP contribution in [-0.2, 0) is 47.3 Å². The number of thioether (sulfide) groups is 1. The lowest BCUT2D eigenvalue weighted by molar-refractivity contribution is -0.664. The molecule has 48 heavy (non-hydrogen) atoms. The van der Waals surface area contributed by atoms with E-state index in [9.17, 15) is 32.7 Å². The fraction of sp³-hybridized carbons (Fsp3) is 0.333. The Morgan fingerprint density at radius 1 is 1.29 bits per heavy atom. The number of amides is 2. The molecular weight excluding hydrogens is 718 g/mol. The smallest absolute Gasteiger partial charge is 0.352 e. The molecule has 0 saturated carbocycles. The number of imidazole rings is 1. The van der Waals surface area contributed by atoms with Crippen molar-refractivity contribution < 1.29 is 47.2 Å². The summed E-state index contributed by atoms with van der Waals surface area (Å²) in [6, 6.07) is 2.19. The predicted octanol–water partition coefficient (Wildman–Crippen LogP) is -1.98. The van der Waals surface area contributed by atoms with Crippen LogP contribution >= 0.6 is 34.7 Å². The van der Waals surface area contributed by atoms with Crippen molar-refractivity contribution >= 4 is 96.6 Å². The van der Waals surface area contributed by atoms with Gasteiger partial charge in [-0.2, -0.15) is 8.42 Å².